The molecule has 29 heavy (non-hydrogen) atoms. The summed E-state index contributed by atoms with van der Waals surface area (Å²) >= 11 is 7.00. The van der Waals surface area contributed by atoms with E-state index in [4.69, 9.17) is 21.1 Å². The molecule has 0 aliphatic carbocycles. The van der Waals surface area contributed by atoms with Gasteiger partial charge in [-0.2, -0.15) is 0 Å². The van der Waals surface area contributed by atoms with Crippen LogP contribution in [0.1, 0.15) is 11.1 Å². The van der Waals surface area contributed by atoms with Crippen LogP contribution < -0.4 is 9.47 Å². The molecule has 150 valence electrons. The number of nitrogens with one attached hydrogen (secondary N) is 1. The molecule has 0 amide bonds. The zero-order chi connectivity index (χ0) is 21.0. The Hall–Kier alpha value is -2.97. The summed E-state index contributed by atoms with van der Waals surface area (Å²) in [6.45, 7) is 1.92. The van der Waals surface area contributed by atoms with E-state index in [1.165, 1.54) is 0 Å². The van der Waals surface area contributed by atoms with Gasteiger partial charge in [0.05, 0.1) is 19.8 Å². The first-order valence-corrected chi connectivity index (χ1v) is 9.64. The first kappa shape index (κ1) is 20.8. The van der Waals surface area contributed by atoms with E-state index in [0.717, 1.165) is 17.3 Å². The summed E-state index contributed by atoms with van der Waals surface area (Å²) < 4.78 is 10.6. The summed E-state index contributed by atoms with van der Waals surface area (Å²) in [7, 11) is 3.11. The number of carbonyl (C=O) groups is 1. The molecule has 9 heteroatoms. The number of hydrogen-bond acceptors (Lipinski definition) is 6. The molecule has 0 saturated carbocycles. The van der Waals surface area contributed by atoms with Crippen molar-refractivity contribution in [2.45, 2.75) is 12.1 Å². The minimum absolute atomic E-state index is 0.0690. The van der Waals surface area contributed by atoms with Crippen LogP contribution in [0.25, 0.3) is 17.5 Å². The van der Waals surface area contributed by atoms with Crippen LogP contribution in [0.2, 0.25) is 5.02 Å². The molecule has 0 aliphatic heterocycles. The van der Waals surface area contributed by atoms with Gasteiger partial charge in [0.1, 0.15) is 16.4 Å². The number of thioether (sulfide) groups is 1. The van der Waals surface area contributed by atoms with Gasteiger partial charge in [0.15, 0.2) is 5.82 Å². The molecule has 2 aromatic carbocycles. The van der Waals surface area contributed by atoms with Crippen molar-refractivity contribution in [3.05, 3.63) is 57.5 Å². The topological polar surface area (TPSA) is 97.3 Å². The van der Waals surface area contributed by atoms with Crippen LogP contribution >= 0.6 is 23.4 Å². The van der Waals surface area contributed by atoms with Crippen molar-refractivity contribution in [2.75, 3.05) is 14.2 Å². The Morgan fingerprint density at radius 3 is 2.62 bits per heavy atom. The van der Waals surface area contributed by atoms with E-state index < -0.39 is 5.97 Å². The number of ether oxygens (including phenoxy) is 2. The molecule has 1 aromatic heterocycles. The molecule has 0 aliphatic rings. The fraction of sp³-hybridized carbons (Fsp3) is 0.150. The van der Waals surface area contributed by atoms with Crippen LogP contribution in [0.5, 0.6) is 11.5 Å². The number of methoxy groups -OCH3 is 2. The first-order valence-electron chi connectivity index (χ1n) is 8.45. The molecule has 3 rings (SSSR count). The van der Waals surface area contributed by atoms with Crippen molar-refractivity contribution in [1.29, 1.82) is 0 Å². The fourth-order valence-corrected chi connectivity index (χ4v) is 3.47. The normalized spacial score (nSPS) is 11.4. The SMILES string of the molecule is COc1cc(/C=C(\Sc2n[nH]c(-c3cc(Cl)ccc3OC)n2)C(=O)O)ccc1C. The Kier molecular flexibility index (Phi) is 6.46. The monoisotopic (exact) mass is 431 g/mol. The number of rotatable bonds is 7. The molecule has 0 saturated heterocycles. The highest BCUT2D eigenvalue weighted by atomic mass is 35.5. The lowest BCUT2D eigenvalue weighted by Gasteiger charge is -2.06. The van der Waals surface area contributed by atoms with Gasteiger partial charge >= 0.3 is 5.97 Å². The van der Waals surface area contributed by atoms with E-state index in [1.807, 2.05) is 19.1 Å². The van der Waals surface area contributed by atoms with Crippen LogP contribution in [0, 0.1) is 6.92 Å². The lowest BCUT2D eigenvalue weighted by molar-refractivity contribution is -0.131. The van der Waals surface area contributed by atoms with Crippen molar-refractivity contribution >= 4 is 35.4 Å². The lowest BCUT2D eigenvalue weighted by Crippen LogP contribution is -1.97. The number of carboxylic acids is 1. The number of carboxylic acid groups (broad SMARTS) is 1. The van der Waals surface area contributed by atoms with Gasteiger partial charge in [-0.3, -0.25) is 5.10 Å². The highest BCUT2D eigenvalue weighted by molar-refractivity contribution is 8.04. The van der Waals surface area contributed by atoms with Crippen molar-refractivity contribution in [3.8, 4) is 22.9 Å². The van der Waals surface area contributed by atoms with Crippen molar-refractivity contribution in [2.24, 2.45) is 0 Å². The van der Waals surface area contributed by atoms with Gasteiger partial charge in [-0.15, -0.1) is 5.10 Å². The average Bonchev–Trinajstić information content (AvgIpc) is 3.17. The van der Waals surface area contributed by atoms with Gasteiger partial charge in [0.2, 0.25) is 5.16 Å². The van der Waals surface area contributed by atoms with Gasteiger partial charge in [-0.1, -0.05) is 23.7 Å². The van der Waals surface area contributed by atoms with E-state index in [0.29, 0.717) is 33.5 Å². The van der Waals surface area contributed by atoms with Crippen LogP contribution in [-0.2, 0) is 4.79 Å². The van der Waals surface area contributed by atoms with Crippen LogP contribution in [0.4, 0.5) is 0 Å². The number of aromatic amines is 1. The summed E-state index contributed by atoms with van der Waals surface area (Å²) in [5, 5.41) is 17.3. The third-order valence-electron chi connectivity index (χ3n) is 4.02. The predicted octanol–water partition coefficient (Wildman–Crippen LogP) is 4.67. The smallest absolute Gasteiger partial charge is 0.342 e. The Labute approximate surface area is 176 Å². The lowest BCUT2D eigenvalue weighted by atomic mass is 10.1. The molecule has 3 aromatic rings. The molecule has 0 fully saturated rings. The highest BCUT2D eigenvalue weighted by Gasteiger charge is 2.16. The third-order valence-corrected chi connectivity index (χ3v) is 5.14. The van der Waals surface area contributed by atoms with Gasteiger partial charge in [0.25, 0.3) is 0 Å². The number of hydrogen-bond donors (Lipinski definition) is 2. The quantitative estimate of drug-likeness (QED) is 0.414. The zero-order valence-electron chi connectivity index (χ0n) is 15.9. The van der Waals surface area contributed by atoms with Crippen molar-refractivity contribution in [3.63, 3.8) is 0 Å². The predicted molar refractivity (Wildman–Crippen MR) is 113 cm³/mol. The van der Waals surface area contributed by atoms with E-state index in [-0.39, 0.29) is 10.1 Å². The van der Waals surface area contributed by atoms with Gasteiger partial charge in [-0.25, -0.2) is 9.78 Å². The van der Waals surface area contributed by atoms with E-state index in [2.05, 4.69) is 15.2 Å². The van der Waals surface area contributed by atoms with E-state index >= 15 is 0 Å². The van der Waals surface area contributed by atoms with Crippen LogP contribution in [0.15, 0.2) is 46.5 Å². The maximum Gasteiger partial charge on any atom is 0.342 e. The summed E-state index contributed by atoms with van der Waals surface area (Å²) in [5.41, 5.74) is 2.29. The largest absolute Gasteiger partial charge is 0.496 e. The standard InChI is InChI=1S/C20H18ClN3O4S/c1-11-4-5-12(8-16(11)28-3)9-17(19(25)26)29-20-22-18(23-24-20)14-10-13(21)6-7-15(14)27-2/h4-10H,1-3H3,(H,25,26)(H,22,23,24)/b17-9-. The second kappa shape index (κ2) is 9.02. The molecule has 0 bridgehead atoms. The Balaban J connectivity index is 1.90. The summed E-state index contributed by atoms with van der Waals surface area (Å²) in [4.78, 5) is 16.2. The number of halogens is 1. The molecule has 0 spiro atoms. The second-order valence-electron chi connectivity index (χ2n) is 5.96. The number of aliphatic carboxylic acids is 1. The number of aromatic nitrogens is 3. The highest BCUT2D eigenvalue weighted by Crippen LogP contribution is 2.33. The maximum atomic E-state index is 11.7. The summed E-state index contributed by atoms with van der Waals surface area (Å²) in [6, 6.07) is 10.6. The van der Waals surface area contributed by atoms with Crippen molar-refractivity contribution in [1.82, 2.24) is 15.2 Å². The zero-order valence-corrected chi connectivity index (χ0v) is 17.5. The Morgan fingerprint density at radius 2 is 1.93 bits per heavy atom. The first-order chi connectivity index (χ1) is 13.9. The summed E-state index contributed by atoms with van der Waals surface area (Å²) in [6.07, 6.45) is 1.55. The average molecular weight is 432 g/mol. The molecule has 7 nitrogen and oxygen atoms in total. The minimum atomic E-state index is -1.08. The molecule has 0 atom stereocenters. The van der Waals surface area contributed by atoms with Gasteiger partial charge < -0.3 is 14.6 Å². The van der Waals surface area contributed by atoms with Crippen molar-refractivity contribution < 1.29 is 19.4 Å². The Bertz CT molecular complexity index is 1080. The van der Waals surface area contributed by atoms with Gasteiger partial charge in [0, 0.05) is 5.02 Å². The van der Waals surface area contributed by atoms with E-state index in [9.17, 15) is 9.90 Å². The molecule has 0 radical (unpaired) electrons. The molecule has 1 heterocycles. The molecular weight excluding hydrogens is 414 g/mol. The summed E-state index contributed by atoms with van der Waals surface area (Å²) in [5.74, 6) is 0.597. The number of aryl methyl sites for hydroxylation is 1. The minimum Gasteiger partial charge on any atom is -0.496 e. The molecule has 2 N–H and O–H groups in total. The van der Waals surface area contributed by atoms with Crippen LogP contribution in [0.3, 0.4) is 0 Å². The molecular formula is C20H18ClN3O4S. The van der Waals surface area contributed by atoms with Gasteiger partial charge in [-0.05, 0) is 60.2 Å². The van der Waals surface area contributed by atoms with Crippen LogP contribution in [-0.4, -0.2) is 40.5 Å². The number of nitrogens with zero attached hydrogens (tertiary/aromatic N) is 2. The maximum absolute atomic E-state index is 11.7. The second-order valence-corrected chi connectivity index (χ2v) is 7.40. The van der Waals surface area contributed by atoms with E-state index in [1.54, 1.807) is 44.6 Å². The fourth-order valence-electron chi connectivity index (χ4n) is 2.59. The number of H-pyrrole nitrogens is 1. The Morgan fingerprint density at radius 1 is 1.17 bits per heavy atom. The number of benzene rings is 2. The third kappa shape index (κ3) is 4.90. The molecule has 0 unspecified atom stereocenters.